The van der Waals surface area contributed by atoms with Gasteiger partial charge in [0.25, 0.3) is 0 Å². The Bertz CT molecular complexity index is 4660. The average molecular weight is 751 g/mol. The first-order chi connectivity index (χ1) is 36.6. The van der Waals surface area contributed by atoms with Crippen molar-refractivity contribution < 1.29 is 36.2 Å². The lowest BCUT2D eigenvalue weighted by Gasteiger charge is -2.11. The summed E-state index contributed by atoms with van der Waals surface area (Å²) in [7, 11) is 0. The van der Waals surface area contributed by atoms with E-state index in [1.807, 2.05) is 0 Å². The fourth-order valence-electron chi connectivity index (χ4n) is 7.08. The van der Waals surface area contributed by atoms with E-state index >= 15 is 0 Å². The molecule has 0 saturated carbocycles. The molecule has 0 amide bonds. The molecule has 0 unspecified atom stereocenters. The van der Waals surface area contributed by atoms with Gasteiger partial charge in [-0.05, 0) is 70.6 Å². The van der Waals surface area contributed by atoms with Gasteiger partial charge in [-0.1, -0.05) is 133 Å². The second-order valence-electron chi connectivity index (χ2n) is 12.8. The second-order valence-corrected chi connectivity index (χ2v) is 12.8. The highest BCUT2D eigenvalue weighted by Crippen LogP contribution is 2.42. The number of para-hydroxylation sites is 1. The topological polar surface area (TPSA) is 69.9 Å². The summed E-state index contributed by atoms with van der Waals surface area (Å²) >= 11 is 0. The molecule has 6 heteroatoms. The largest absolute Gasteiger partial charge is 0.456 e. The van der Waals surface area contributed by atoms with Crippen LogP contribution >= 0.6 is 0 Å². The van der Waals surface area contributed by atoms with Crippen LogP contribution in [0.15, 0.2) is 190 Å². The number of rotatable bonds is 5. The highest BCUT2D eigenvalue weighted by atomic mass is 16.3. The minimum absolute atomic E-state index is 0.0123. The molecule has 0 aliphatic rings. The maximum atomic E-state index is 9.82. The van der Waals surface area contributed by atoms with Crippen LogP contribution in [0, 0.1) is 0 Å². The van der Waals surface area contributed by atoms with Gasteiger partial charge in [0.05, 0.1) is 43.8 Å². The molecule has 0 atom stereocenters. The molecule has 0 aliphatic heterocycles. The third-order valence-corrected chi connectivity index (χ3v) is 9.57. The summed E-state index contributed by atoms with van der Waals surface area (Å²) in [4.78, 5) is 13.9. The van der Waals surface area contributed by atoms with Crippen LogP contribution in [0.1, 0.15) is 27.4 Å². The Morgan fingerprint density at radius 1 is 0.421 bits per heavy atom. The standard InChI is InChI=1S/C51H30N4O2/c1-4-13-31(14-5-1)34-24-27-41-40(29-34)37-26-28-44-47(38-19-10-11-21-42(38)56-44)48(37)55(41)51-53-49(33-17-8-3-9-18-33)52-50(54-51)35-23-25-39-45(30-35)57-43-22-12-20-36(46(39)43)32-15-6-2-7-16-32/h1-30H/i3D,8D,9D,10D,11D,12D,17D,18D,19D,20D,21D,22D,23D,24D,25D,26D,27D,28D,29D,30D. The Morgan fingerprint density at radius 3 is 1.93 bits per heavy atom. The first kappa shape index (κ1) is 17.8. The normalized spacial score (nSPS) is 16.8. The number of fused-ring (bicyclic) bond motifs is 10. The van der Waals surface area contributed by atoms with E-state index in [2.05, 4.69) is 9.97 Å². The van der Waals surface area contributed by atoms with E-state index in [0.29, 0.717) is 11.1 Å². The van der Waals surface area contributed by atoms with E-state index in [9.17, 15) is 11.0 Å². The van der Waals surface area contributed by atoms with Gasteiger partial charge in [-0.25, -0.2) is 4.98 Å². The molecule has 266 valence electrons. The van der Waals surface area contributed by atoms with Gasteiger partial charge >= 0.3 is 0 Å². The molecule has 0 bridgehead atoms. The molecule has 12 rings (SSSR count). The Hall–Kier alpha value is -7.83. The van der Waals surface area contributed by atoms with E-state index in [1.54, 1.807) is 60.7 Å². The van der Waals surface area contributed by atoms with E-state index in [4.69, 9.17) is 30.3 Å². The summed E-state index contributed by atoms with van der Waals surface area (Å²) in [5, 5.41) is -1.30. The molecule has 6 nitrogen and oxygen atoms in total. The quantitative estimate of drug-likeness (QED) is 0.175. The van der Waals surface area contributed by atoms with Crippen LogP contribution in [-0.4, -0.2) is 19.5 Å². The molecule has 0 saturated heterocycles. The number of aromatic nitrogens is 4. The van der Waals surface area contributed by atoms with Crippen molar-refractivity contribution >= 4 is 65.7 Å². The zero-order valence-electron chi connectivity index (χ0n) is 48.9. The predicted molar refractivity (Wildman–Crippen MR) is 230 cm³/mol. The summed E-state index contributed by atoms with van der Waals surface area (Å²) in [5.41, 5.74) is -2.82. The summed E-state index contributed by atoms with van der Waals surface area (Å²) < 4.78 is 195. The molecule has 4 aromatic heterocycles. The SMILES string of the molecule is [2H]c1c([2H])c([2H])c(-c2nc(-c3c([2H])c([2H])c4c(oc5c([2H])c([2H])c([2H])c(-c6ccccc6)c54)c3[2H])nc(-n3c4c([2H])c([2H])c(-c5ccccc5)c([2H])c4c4c([2H])c([2H])c5oc6c([2H])c([2H])c([2H])c([2H])c6c5c43)n2)c([2H])c1[2H]. The van der Waals surface area contributed by atoms with Crippen LogP contribution in [0.25, 0.3) is 117 Å². The fourth-order valence-corrected chi connectivity index (χ4v) is 7.08. The molecule has 12 aromatic rings. The Kier molecular flexibility index (Phi) is 3.85. The van der Waals surface area contributed by atoms with Gasteiger partial charge in [0, 0.05) is 38.1 Å². The van der Waals surface area contributed by atoms with Gasteiger partial charge in [-0.3, -0.25) is 4.57 Å². The van der Waals surface area contributed by atoms with Crippen LogP contribution in [0.5, 0.6) is 0 Å². The Labute approximate surface area is 354 Å². The van der Waals surface area contributed by atoms with E-state index < -0.39 is 172 Å². The zero-order chi connectivity index (χ0) is 54.9. The Morgan fingerprint density at radius 2 is 1.09 bits per heavy atom. The maximum absolute atomic E-state index is 9.82. The van der Waals surface area contributed by atoms with Crippen molar-refractivity contribution in [3.8, 4) is 51.0 Å². The summed E-state index contributed by atoms with van der Waals surface area (Å²) in [6.45, 7) is 0. The molecule has 0 N–H and O–H groups in total. The minimum atomic E-state index is -0.830. The van der Waals surface area contributed by atoms with E-state index in [-0.39, 0.29) is 54.5 Å². The van der Waals surface area contributed by atoms with Crippen molar-refractivity contribution in [2.24, 2.45) is 0 Å². The highest BCUT2D eigenvalue weighted by Gasteiger charge is 2.23. The van der Waals surface area contributed by atoms with Crippen LogP contribution in [0.2, 0.25) is 0 Å². The van der Waals surface area contributed by atoms with Crippen molar-refractivity contribution in [2.45, 2.75) is 0 Å². The number of furan rings is 2. The first-order valence-electron chi connectivity index (χ1n) is 27.4. The van der Waals surface area contributed by atoms with Crippen molar-refractivity contribution in [2.75, 3.05) is 0 Å². The van der Waals surface area contributed by atoms with Gasteiger partial charge in [-0.15, -0.1) is 0 Å². The van der Waals surface area contributed by atoms with Crippen LogP contribution in [0.4, 0.5) is 0 Å². The van der Waals surface area contributed by atoms with Gasteiger partial charge in [0.1, 0.15) is 22.3 Å². The van der Waals surface area contributed by atoms with Gasteiger partial charge in [0.15, 0.2) is 11.6 Å². The second kappa shape index (κ2) is 12.3. The van der Waals surface area contributed by atoms with Crippen molar-refractivity contribution in [3.05, 3.63) is 182 Å². The molecule has 57 heavy (non-hydrogen) atoms. The van der Waals surface area contributed by atoms with Crippen LogP contribution in [-0.2, 0) is 0 Å². The lowest BCUT2D eigenvalue weighted by molar-refractivity contribution is 0.668. The maximum Gasteiger partial charge on any atom is 0.238 e. The van der Waals surface area contributed by atoms with Gasteiger partial charge in [-0.2, -0.15) is 9.97 Å². The lowest BCUT2D eigenvalue weighted by Crippen LogP contribution is -2.06. The zero-order valence-corrected chi connectivity index (χ0v) is 28.9. The van der Waals surface area contributed by atoms with Crippen LogP contribution < -0.4 is 0 Å². The van der Waals surface area contributed by atoms with E-state index in [1.165, 1.54) is 0 Å². The summed E-state index contributed by atoms with van der Waals surface area (Å²) in [6, 6.07) is 3.22. The molecular weight excluding hydrogens is 701 g/mol. The van der Waals surface area contributed by atoms with Crippen molar-refractivity contribution in [1.82, 2.24) is 19.5 Å². The van der Waals surface area contributed by atoms with Gasteiger partial charge in [0.2, 0.25) is 5.95 Å². The molecule has 8 aromatic carbocycles. The van der Waals surface area contributed by atoms with Gasteiger partial charge < -0.3 is 8.83 Å². The highest BCUT2D eigenvalue weighted by molar-refractivity contribution is 6.24. The molecule has 0 aliphatic carbocycles. The fraction of sp³-hybridized carbons (Fsp3) is 0. The van der Waals surface area contributed by atoms with Crippen LogP contribution in [0.3, 0.4) is 0 Å². The summed E-state index contributed by atoms with van der Waals surface area (Å²) in [5.74, 6) is -2.11. The molecular formula is C51H30N4O2. The summed E-state index contributed by atoms with van der Waals surface area (Å²) in [6.07, 6.45) is 0. The number of benzene rings is 8. The molecule has 0 fully saturated rings. The molecule has 0 spiro atoms. The average Bonchev–Trinajstić information content (AvgIpc) is 4.32. The molecule has 0 radical (unpaired) electrons. The number of hydrogen-bond acceptors (Lipinski definition) is 5. The monoisotopic (exact) mass is 750 g/mol. The van der Waals surface area contributed by atoms with Crippen molar-refractivity contribution in [1.29, 1.82) is 0 Å². The number of nitrogens with zero attached hydrogens (tertiary/aromatic N) is 4. The first-order valence-corrected chi connectivity index (χ1v) is 17.4. The predicted octanol–water partition coefficient (Wildman–Crippen LogP) is 13.4. The third kappa shape index (κ3) is 4.94. The minimum Gasteiger partial charge on any atom is -0.456 e. The third-order valence-electron chi connectivity index (χ3n) is 9.57. The van der Waals surface area contributed by atoms with Crippen molar-refractivity contribution in [3.63, 3.8) is 0 Å². The smallest absolute Gasteiger partial charge is 0.238 e. The molecule has 4 heterocycles. The number of hydrogen-bond donors (Lipinski definition) is 0. The lowest BCUT2D eigenvalue weighted by atomic mass is 9.99. The van der Waals surface area contributed by atoms with E-state index in [0.717, 1.165) is 4.57 Å². The Balaban J connectivity index is 1.31.